The van der Waals surface area contributed by atoms with E-state index in [1.807, 2.05) is 0 Å². The van der Waals surface area contributed by atoms with Crippen molar-refractivity contribution in [3.63, 3.8) is 0 Å². The Kier molecular flexibility index (Phi) is 10.3. The summed E-state index contributed by atoms with van der Waals surface area (Å²) in [5.74, 6) is 0.716. The highest BCUT2D eigenvalue weighted by atomic mass is 127. The molecule has 1 amide bonds. The van der Waals surface area contributed by atoms with Gasteiger partial charge in [0.05, 0.1) is 5.60 Å². The lowest BCUT2D eigenvalue weighted by Gasteiger charge is -2.24. The molecule has 0 bridgehead atoms. The zero-order valence-electron chi connectivity index (χ0n) is 15.3. The van der Waals surface area contributed by atoms with Crippen LogP contribution in [-0.2, 0) is 9.53 Å². The molecule has 0 spiro atoms. The van der Waals surface area contributed by atoms with Crippen molar-refractivity contribution in [2.45, 2.75) is 38.2 Å². The third-order valence-corrected chi connectivity index (χ3v) is 4.41. The van der Waals surface area contributed by atoms with Crippen LogP contribution in [0.1, 0.15) is 32.6 Å². The summed E-state index contributed by atoms with van der Waals surface area (Å²) in [6.45, 7) is 4.34. The first-order valence-electron chi connectivity index (χ1n) is 8.65. The quantitative estimate of drug-likeness (QED) is 0.235. The van der Waals surface area contributed by atoms with Crippen molar-refractivity contribution < 1.29 is 9.53 Å². The molecular weight excluding hydrogens is 467 g/mol. The van der Waals surface area contributed by atoms with E-state index in [9.17, 15) is 4.79 Å². The number of nitrogens with one attached hydrogen (secondary N) is 3. The monoisotopic (exact) mass is 494 g/mol. The minimum Gasteiger partial charge on any atom is -0.373 e. The molecule has 146 valence electrons. The number of benzene rings is 1. The molecule has 0 saturated carbocycles. The highest BCUT2D eigenvalue weighted by Crippen LogP contribution is 2.23. The van der Waals surface area contributed by atoms with E-state index in [0.717, 1.165) is 37.6 Å². The molecule has 1 unspecified atom stereocenters. The number of carbonyl (C=O) groups is 1. The Hall–Kier alpha value is -1.06. The number of halogens is 2. The van der Waals surface area contributed by atoms with E-state index >= 15 is 0 Å². The highest BCUT2D eigenvalue weighted by molar-refractivity contribution is 14.0. The second-order valence-electron chi connectivity index (χ2n) is 6.41. The number of guanidine groups is 1. The lowest BCUT2D eigenvalue weighted by Crippen LogP contribution is -2.45. The molecule has 1 heterocycles. The van der Waals surface area contributed by atoms with Gasteiger partial charge in [0.2, 0.25) is 5.91 Å². The summed E-state index contributed by atoms with van der Waals surface area (Å²) in [5.41, 5.74) is 0.639. The summed E-state index contributed by atoms with van der Waals surface area (Å²) < 4.78 is 5.75. The van der Waals surface area contributed by atoms with Gasteiger partial charge in [0.1, 0.15) is 0 Å². The van der Waals surface area contributed by atoms with Crippen LogP contribution >= 0.6 is 35.6 Å². The van der Waals surface area contributed by atoms with Crippen LogP contribution in [-0.4, -0.2) is 44.2 Å². The van der Waals surface area contributed by atoms with Crippen LogP contribution in [0.3, 0.4) is 0 Å². The maximum atomic E-state index is 11.9. The molecule has 0 aliphatic carbocycles. The molecule has 2 rings (SSSR count). The minimum atomic E-state index is -0.115. The lowest BCUT2D eigenvalue weighted by molar-refractivity contribution is -0.116. The highest BCUT2D eigenvalue weighted by Gasteiger charge is 2.29. The van der Waals surface area contributed by atoms with Crippen molar-refractivity contribution in [1.29, 1.82) is 0 Å². The van der Waals surface area contributed by atoms with Crippen LogP contribution in [0.2, 0.25) is 5.02 Å². The number of anilines is 1. The molecule has 1 fully saturated rings. The number of hydrogen-bond acceptors (Lipinski definition) is 3. The topological polar surface area (TPSA) is 74.8 Å². The second kappa shape index (κ2) is 11.6. The van der Waals surface area contributed by atoms with Gasteiger partial charge >= 0.3 is 0 Å². The summed E-state index contributed by atoms with van der Waals surface area (Å²) in [6, 6.07) is 7.08. The van der Waals surface area contributed by atoms with Crippen molar-refractivity contribution in [3.8, 4) is 0 Å². The van der Waals surface area contributed by atoms with Crippen molar-refractivity contribution in [1.82, 2.24) is 10.6 Å². The molecule has 1 aromatic rings. The number of nitrogens with zero attached hydrogens (tertiary/aromatic N) is 1. The van der Waals surface area contributed by atoms with Crippen molar-refractivity contribution in [2.24, 2.45) is 4.99 Å². The predicted molar refractivity (Wildman–Crippen MR) is 118 cm³/mol. The summed E-state index contributed by atoms with van der Waals surface area (Å²) in [7, 11) is 1.74. The van der Waals surface area contributed by atoms with Gasteiger partial charge in [-0.2, -0.15) is 0 Å². The SMILES string of the molecule is CN=C(NCCCC(=O)Nc1ccc(Cl)cc1)NCC1(C)CCCO1.I. The Bertz CT molecular complexity index is 589. The minimum absolute atomic E-state index is 0. The van der Waals surface area contributed by atoms with Gasteiger partial charge in [-0.3, -0.25) is 9.79 Å². The standard InChI is InChI=1S/C18H27ClN4O2.HI/c1-18(10-4-12-25-18)13-22-17(20-2)21-11-3-5-16(24)23-15-8-6-14(19)7-9-15;/h6-9H,3-5,10-13H2,1-2H3,(H,23,24)(H2,20,21,22);1H. The fraction of sp³-hybridized carbons (Fsp3) is 0.556. The zero-order chi connectivity index (χ0) is 18.1. The molecule has 1 aliphatic rings. The van der Waals surface area contributed by atoms with E-state index < -0.39 is 0 Å². The summed E-state index contributed by atoms with van der Waals surface area (Å²) >= 11 is 5.82. The van der Waals surface area contributed by atoms with Gasteiger partial charge < -0.3 is 20.7 Å². The van der Waals surface area contributed by atoms with Crippen LogP contribution in [0.5, 0.6) is 0 Å². The normalized spacial score (nSPS) is 19.6. The van der Waals surface area contributed by atoms with Crippen LogP contribution < -0.4 is 16.0 Å². The van der Waals surface area contributed by atoms with Gasteiger partial charge in [-0.05, 0) is 50.5 Å². The number of aliphatic imine (C=N–C) groups is 1. The predicted octanol–water partition coefficient (Wildman–Crippen LogP) is 3.41. The van der Waals surface area contributed by atoms with Crippen molar-refractivity contribution >= 4 is 53.1 Å². The maximum Gasteiger partial charge on any atom is 0.224 e. The largest absolute Gasteiger partial charge is 0.373 e. The fourth-order valence-electron chi connectivity index (χ4n) is 2.68. The maximum absolute atomic E-state index is 11.9. The molecule has 1 aliphatic heterocycles. The third-order valence-electron chi connectivity index (χ3n) is 4.15. The number of rotatable bonds is 7. The smallest absolute Gasteiger partial charge is 0.224 e. The molecular formula is C18H28ClIN4O2. The molecule has 1 atom stereocenters. The van der Waals surface area contributed by atoms with E-state index in [1.165, 1.54) is 0 Å². The van der Waals surface area contributed by atoms with E-state index in [4.69, 9.17) is 16.3 Å². The molecule has 3 N–H and O–H groups in total. The molecule has 26 heavy (non-hydrogen) atoms. The van der Waals surface area contributed by atoms with E-state index in [2.05, 4.69) is 27.9 Å². The Labute approximate surface area is 177 Å². The average molecular weight is 495 g/mol. The lowest BCUT2D eigenvalue weighted by atomic mass is 10.0. The second-order valence-corrected chi connectivity index (χ2v) is 6.85. The number of amides is 1. The summed E-state index contributed by atoms with van der Waals surface area (Å²) in [4.78, 5) is 16.1. The zero-order valence-corrected chi connectivity index (χ0v) is 18.4. The van der Waals surface area contributed by atoms with Crippen LogP contribution in [0.4, 0.5) is 5.69 Å². The van der Waals surface area contributed by atoms with E-state index in [0.29, 0.717) is 24.4 Å². The van der Waals surface area contributed by atoms with Gasteiger partial charge in [-0.15, -0.1) is 24.0 Å². The third kappa shape index (κ3) is 8.09. The fourth-order valence-corrected chi connectivity index (χ4v) is 2.81. The number of ether oxygens (including phenoxy) is 1. The van der Waals surface area contributed by atoms with Crippen LogP contribution in [0, 0.1) is 0 Å². The molecule has 0 aromatic heterocycles. The van der Waals surface area contributed by atoms with Gasteiger partial charge in [-0.25, -0.2) is 0 Å². The van der Waals surface area contributed by atoms with Gasteiger partial charge in [-0.1, -0.05) is 11.6 Å². The van der Waals surface area contributed by atoms with Gasteiger partial charge in [0, 0.05) is 43.9 Å². The van der Waals surface area contributed by atoms with Gasteiger partial charge in [0.15, 0.2) is 5.96 Å². The Morgan fingerprint density at radius 1 is 1.31 bits per heavy atom. The molecule has 1 saturated heterocycles. The first kappa shape index (κ1) is 23.0. The number of carbonyl (C=O) groups excluding carboxylic acids is 1. The van der Waals surface area contributed by atoms with Gasteiger partial charge in [0.25, 0.3) is 0 Å². The first-order valence-corrected chi connectivity index (χ1v) is 9.02. The first-order chi connectivity index (χ1) is 12.0. The van der Waals surface area contributed by atoms with Crippen molar-refractivity contribution in [3.05, 3.63) is 29.3 Å². The summed E-state index contributed by atoms with van der Waals surface area (Å²) in [6.07, 6.45) is 3.32. The Morgan fingerprint density at radius 3 is 2.65 bits per heavy atom. The molecule has 6 nitrogen and oxygen atoms in total. The molecule has 1 aromatic carbocycles. The average Bonchev–Trinajstić information content (AvgIpc) is 3.03. The Morgan fingerprint density at radius 2 is 2.04 bits per heavy atom. The van der Waals surface area contributed by atoms with Crippen molar-refractivity contribution in [2.75, 3.05) is 32.1 Å². The van der Waals surface area contributed by atoms with Crippen LogP contribution in [0.25, 0.3) is 0 Å². The molecule has 8 heteroatoms. The molecule has 0 radical (unpaired) electrons. The van der Waals surface area contributed by atoms with E-state index in [1.54, 1.807) is 31.3 Å². The summed E-state index contributed by atoms with van der Waals surface area (Å²) in [5, 5.41) is 10.0. The Balaban J connectivity index is 0.00000338. The number of hydrogen-bond donors (Lipinski definition) is 3. The van der Waals surface area contributed by atoms with Crippen LogP contribution in [0.15, 0.2) is 29.3 Å². The van der Waals surface area contributed by atoms with E-state index in [-0.39, 0.29) is 35.5 Å².